The summed E-state index contributed by atoms with van der Waals surface area (Å²) in [7, 11) is 3.26. The number of nitrogens with one attached hydrogen (secondary N) is 2. The van der Waals surface area contributed by atoms with Crippen molar-refractivity contribution in [3.05, 3.63) is 93.1 Å². The summed E-state index contributed by atoms with van der Waals surface area (Å²) in [4.78, 5) is 26.2. The van der Waals surface area contributed by atoms with Crippen LogP contribution in [0.5, 0.6) is 0 Å². The van der Waals surface area contributed by atoms with E-state index < -0.39 is 17.7 Å². The van der Waals surface area contributed by atoms with Crippen molar-refractivity contribution in [1.82, 2.24) is 9.88 Å². The van der Waals surface area contributed by atoms with Crippen LogP contribution in [0.3, 0.4) is 0 Å². The van der Waals surface area contributed by atoms with Gasteiger partial charge < -0.3 is 15.2 Å². The van der Waals surface area contributed by atoms with E-state index in [4.69, 9.17) is 0 Å². The number of anilines is 1. The molecule has 0 saturated carbocycles. The second-order valence-corrected chi connectivity index (χ2v) is 9.31. The lowest BCUT2D eigenvalue weighted by atomic mass is 9.97. The zero-order valence-electron chi connectivity index (χ0n) is 22.7. The van der Waals surface area contributed by atoms with Gasteiger partial charge in [-0.1, -0.05) is 6.08 Å². The Hall–Kier alpha value is -4.91. The third-order valence-electron chi connectivity index (χ3n) is 6.51. The fraction of sp³-hybridized carbons (Fsp3) is 0.233. The van der Waals surface area contributed by atoms with Crippen LogP contribution in [0.2, 0.25) is 0 Å². The van der Waals surface area contributed by atoms with E-state index in [9.17, 15) is 18.8 Å². The maximum Gasteiger partial charge on any atom is 0.258 e. The summed E-state index contributed by atoms with van der Waals surface area (Å²) < 4.78 is 29.8. The SMILES string of the molecule is CN=C/C(=C\NCC1=CCN=C(C)N=C1)c1cc2c([C@@H](C)Nc3ccc(F)cc3C#N)cc(F)cc2c(=O)n1C. The van der Waals surface area contributed by atoms with Gasteiger partial charge in [-0.2, -0.15) is 5.26 Å². The van der Waals surface area contributed by atoms with Gasteiger partial charge in [0.1, 0.15) is 23.5 Å². The van der Waals surface area contributed by atoms with Gasteiger partial charge in [-0.15, -0.1) is 0 Å². The standard InChI is InChI=1S/C30H29F2N7O/c1-18(38-28-6-5-23(31)9-21(28)13-33)25-10-24(32)11-27-26(25)12-29(39(4)30(27)40)22(16-34-3)17-35-14-20-7-8-36-19(2)37-15-20/h5-7,9-12,15-18,35,38H,8,14H2,1-4H3/b22-17+,34-16?/t18-/m1/s1. The number of hydrogen-bond acceptors (Lipinski definition) is 7. The van der Waals surface area contributed by atoms with E-state index in [1.54, 1.807) is 39.6 Å². The van der Waals surface area contributed by atoms with E-state index in [2.05, 4.69) is 25.6 Å². The van der Waals surface area contributed by atoms with Crippen LogP contribution in [0, 0.1) is 23.0 Å². The molecule has 1 aromatic heterocycles. The number of aromatic nitrogens is 1. The smallest absolute Gasteiger partial charge is 0.258 e. The van der Waals surface area contributed by atoms with Gasteiger partial charge in [-0.25, -0.2) is 13.8 Å². The lowest BCUT2D eigenvalue weighted by molar-refractivity contribution is 0.625. The van der Waals surface area contributed by atoms with Crippen molar-refractivity contribution in [3.8, 4) is 6.07 Å². The largest absolute Gasteiger partial charge is 0.386 e. The molecule has 2 heterocycles. The maximum atomic E-state index is 14.7. The summed E-state index contributed by atoms with van der Waals surface area (Å²) in [5, 5.41) is 16.6. The fourth-order valence-electron chi connectivity index (χ4n) is 4.46. The Balaban J connectivity index is 1.75. The summed E-state index contributed by atoms with van der Waals surface area (Å²) in [5.74, 6) is -0.382. The molecule has 10 heteroatoms. The number of nitrogens with zero attached hydrogens (tertiary/aromatic N) is 5. The zero-order chi connectivity index (χ0) is 28.8. The molecule has 3 aromatic rings. The van der Waals surface area contributed by atoms with E-state index in [1.807, 2.05) is 25.1 Å². The van der Waals surface area contributed by atoms with Gasteiger partial charge in [0.05, 0.1) is 28.9 Å². The van der Waals surface area contributed by atoms with Crippen molar-refractivity contribution in [2.75, 3.05) is 25.5 Å². The number of pyridine rings is 1. The predicted molar refractivity (Wildman–Crippen MR) is 157 cm³/mol. The molecule has 0 saturated heterocycles. The molecule has 0 fully saturated rings. The summed E-state index contributed by atoms with van der Waals surface area (Å²) in [6, 6.07) is 9.67. The van der Waals surface area contributed by atoms with Crippen LogP contribution in [-0.4, -0.2) is 43.0 Å². The minimum atomic E-state index is -0.564. The molecular formula is C30H29F2N7O. The van der Waals surface area contributed by atoms with Crippen molar-refractivity contribution in [3.63, 3.8) is 0 Å². The molecule has 0 amide bonds. The Morgan fingerprint density at radius 3 is 2.77 bits per heavy atom. The highest BCUT2D eigenvalue weighted by molar-refractivity contribution is 6.10. The molecular weight excluding hydrogens is 512 g/mol. The molecule has 2 aromatic carbocycles. The van der Waals surface area contributed by atoms with E-state index in [0.717, 1.165) is 11.6 Å². The van der Waals surface area contributed by atoms with Crippen LogP contribution in [0.15, 0.2) is 74.0 Å². The van der Waals surface area contributed by atoms with Gasteiger partial charge in [0.25, 0.3) is 5.56 Å². The monoisotopic (exact) mass is 541 g/mol. The number of hydrogen-bond donors (Lipinski definition) is 2. The van der Waals surface area contributed by atoms with Crippen LogP contribution in [0.1, 0.15) is 36.7 Å². The van der Waals surface area contributed by atoms with Crippen LogP contribution in [-0.2, 0) is 7.05 Å². The molecule has 0 aliphatic carbocycles. The van der Waals surface area contributed by atoms with Crippen molar-refractivity contribution >= 4 is 40.3 Å². The summed E-state index contributed by atoms with van der Waals surface area (Å²) in [6.45, 7) is 4.67. The molecule has 1 aliphatic rings. The molecule has 4 rings (SSSR count). The summed E-state index contributed by atoms with van der Waals surface area (Å²) in [5.41, 5.74) is 2.83. The molecule has 1 aliphatic heterocycles. The van der Waals surface area contributed by atoms with Gasteiger partial charge in [0, 0.05) is 50.9 Å². The van der Waals surface area contributed by atoms with Gasteiger partial charge in [0.2, 0.25) is 0 Å². The number of nitriles is 1. The first-order valence-corrected chi connectivity index (χ1v) is 12.6. The van der Waals surface area contributed by atoms with Crippen molar-refractivity contribution in [2.45, 2.75) is 19.9 Å². The molecule has 0 radical (unpaired) electrons. The topological polar surface area (TPSA) is 107 Å². The number of benzene rings is 2. The predicted octanol–water partition coefficient (Wildman–Crippen LogP) is 4.92. The van der Waals surface area contributed by atoms with E-state index in [1.165, 1.54) is 28.8 Å². The second-order valence-electron chi connectivity index (χ2n) is 9.31. The molecule has 2 N–H and O–H groups in total. The van der Waals surface area contributed by atoms with E-state index >= 15 is 0 Å². The molecule has 204 valence electrons. The Kier molecular flexibility index (Phi) is 8.64. The number of halogens is 2. The lowest BCUT2D eigenvalue weighted by Gasteiger charge is -2.20. The number of aliphatic imine (C=N–C) groups is 3. The van der Waals surface area contributed by atoms with Crippen LogP contribution in [0.4, 0.5) is 14.5 Å². The fourth-order valence-corrected chi connectivity index (χ4v) is 4.46. The van der Waals surface area contributed by atoms with E-state index in [-0.39, 0.29) is 16.5 Å². The number of rotatable bonds is 8. The third-order valence-corrected chi connectivity index (χ3v) is 6.51. The van der Waals surface area contributed by atoms with Crippen molar-refractivity contribution in [1.29, 1.82) is 5.26 Å². The number of allylic oxidation sites excluding steroid dienone is 1. The third kappa shape index (κ3) is 6.21. The average Bonchev–Trinajstić information content (AvgIpc) is 3.14. The molecule has 0 bridgehead atoms. The Morgan fingerprint density at radius 2 is 2.02 bits per heavy atom. The molecule has 8 nitrogen and oxygen atoms in total. The highest BCUT2D eigenvalue weighted by Gasteiger charge is 2.18. The minimum Gasteiger partial charge on any atom is -0.386 e. The molecule has 1 atom stereocenters. The normalized spacial score (nSPS) is 14.5. The van der Waals surface area contributed by atoms with Gasteiger partial charge in [-0.3, -0.25) is 14.8 Å². The number of fused-ring (bicyclic) bond motifs is 1. The minimum absolute atomic E-state index is 0.121. The lowest BCUT2D eigenvalue weighted by Crippen LogP contribution is -2.22. The Labute approximate surface area is 230 Å². The maximum absolute atomic E-state index is 14.7. The highest BCUT2D eigenvalue weighted by Crippen LogP contribution is 2.30. The zero-order valence-corrected chi connectivity index (χ0v) is 22.7. The van der Waals surface area contributed by atoms with Gasteiger partial charge in [-0.05, 0) is 66.8 Å². The Morgan fingerprint density at radius 1 is 1.23 bits per heavy atom. The van der Waals surface area contributed by atoms with Crippen molar-refractivity contribution < 1.29 is 8.78 Å². The molecule has 0 unspecified atom stereocenters. The quantitative estimate of drug-likeness (QED) is 0.395. The molecule has 40 heavy (non-hydrogen) atoms. The van der Waals surface area contributed by atoms with E-state index in [0.29, 0.717) is 46.8 Å². The van der Waals surface area contributed by atoms with Crippen LogP contribution in [0.25, 0.3) is 16.3 Å². The van der Waals surface area contributed by atoms with Crippen LogP contribution >= 0.6 is 0 Å². The first-order valence-electron chi connectivity index (χ1n) is 12.6. The highest BCUT2D eigenvalue weighted by atomic mass is 19.1. The first-order chi connectivity index (χ1) is 19.2. The molecule has 0 spiro atoms. The second kappa shape index (κ2) is 12.3. The van der Waals surface area contributed by atoms with Gasteiger partial charge in [0.15, 0.2) is 0 Å². The van der Waals surface area contributed by atoms with Crippen molar-refractivity contribution in [2.24, 2.45) is 22.0 Å². The van der Waals surface area contributed by atoms with Gasteiger partial charge >= 0.3 is 0 Å². The Bertz CT molecular complexity index is 1710. The summed E-state index contributed by atoms with van der Waals surface area (Å²) in [6.07, 6.45) is 7.15. The summed E-state index contributed by atoms with van der Waals surface area (Å²) >= 11 is 0. The average molecular weight is 542 g/mol. The first kappa shape index (κ1) is 28.1. The number of amidine groups is 1. The van der Waals surface area contributed by atoms with Crippen LogP contribution < -0.4 is 16.2 Å².